The normalized spacial score (nSPS) is 12.6. The van der Waals surface area contributed by atoms with Gasteiger partial charge in [0.2, 0.25) is 15.9 Å². The van der Waals surface area contributed by atoms with E-state index in [0.29, 0.717) is 11.4 Å². The van der Waals surface area contributed by atoms with Crippen molar-refractivity contribution in [2.75, 3.05) is 7.05 Å². The Bertz CT molecular complexity index is 1060. The maximum Gasteiger partial charge on any atom is 0.238 e. The first-order valence-electron chi connectivity index (χ1n) is 8.31. The van der Waals surface area contributed by atoms with Crippen molar-refractivity contribution in [3.63, 3.8) is 0 Å². The van der Waals surface area contributed by atoms with Gasteiger partial charge in [-0.3, -0.25) is 4.79 Å². The highest BCUT2D eigenvalue weighted by atomic mass is 32.2. The third kappa shape index (κ3) is 3.91. The maximum atomic E-state index is 12.0. The van der Waals surface area contributed by atoms with Crippen LogP contribution in [-0.4, -0.2) is 31.2 Å². The van der Waals surface area contributed by atoms with Crippen LogP contribution in [0.15, 0.2) is 65.6 Å². The number of aromatic nitrogens is 2. The Balaban J connectivity index is 2.13. The number of hydrogen-bond donors (Lipinski definition) is 2. The molecule has 0 saturated heterocycles. The molecular formula is C19H20N4O3S. The summed E-state index contributed by atoms with van der Waals surface area (Å²) in [6, 6.07) is 17.6. The van der Waals surface area contributed by atoms with Gasteiger partial charge in [0, 0.05) is 12.6 Å². The quantitative estimate of drug-likeness (QED) is 0.702. The van der Waals surface area contributed by atoms with E-state index in [1.807, 2.05) is 36.4 Å². The number of amides is 1. The van der Waals surface area contributed by atoms with E-state index in [2.05, 4.69) is 10.4 Å². The van der Waals surface area contributed by atoms with Crippen LogP contribution in [0.25, 0.3) is 16.9 Å². The molecule has 3 N–H and O–H groups in total. The van der Waals surface area contributed by atoms with Crippen LogP contribution >= 0.6 is 0 Å². The molecule has 7 nitrogen and oxygen atoms in total. The number of sulfonamides is 1. The number of likely N-dealkylation sites (N-methyl/N-ethyl adjacent to an activating group) is 1. The summed E-state index contributed by atoms with van der Waals surface area (Å²) < 4.78 is 24.7. The van der Waals surface area contributed by atoms with Crippen molar-refractivity contribution < 1.29 is 13.2 Å². The zero-order valence-corrected chi connectivity index (χ0v) is 15.8. The van der Waals surface area contributed by atoms with Crippen LogP contribution in [0.1, 0.15) is 18.5 Å². The van der Waals surface area contributed by atoms with Gasteiger partial charge in [-0.05, 0) is 37.3 Å². The Morgan fingerprint density at radius 3 is 2.30 bits per heavy atom. The molecule has 3 rings (SSSR count). The second kappa shape index (κ2) is 7.34. The number of nitrogens with zero attached hydrogens (tertiary/aromatic N) is 2. The van der Waals surface area contributed by atoms with Crippen LogP contribution in [0.5, 0.6) is 0 Å². The molecule has 140 valence electrons. The van der Waals surface area contributed by atoms with Gasteiger partial charge in [-0.25, -0.2) is 18.2 Å². The first-order chi connectivity index (χ1) is 12.8. The Morgan fingerprint density at radius 1 is 1.11 bits per heavy atom. The maximum absolute atomic E-state index is 12.0. The lowest BCUT2D eigenvalue weighted by Gasteiger charge is -2.09. The minimum Gasteiger partial charge on any atom is -0.359 e. The van der Waals surface area contributed by atoms with Gasteiger partial charge in [-0.15, -0.1) is 0 Å². The number of carbonyl (C=O) groups excluding carboxylic acids is 1. The van der Waals surface area contributed by atoms with Crippen LogP contribution in [0.3, 0.4) is 0 Å². The number of nitrogens with two attached hydrogens (primary N) is 1. The summed E-state index contributed by atoms with van der Waals surface area (Å²) in [4.78, 5) is 12.0. The molecule has 0 aliphatic carbocycles. The minimum absolute atomic E-state index is 0.0265. The molecule has 3 aromatic rings. The van der Waals surface area contributed by atoms with Crippen molar-refractivity contribution in [3.05, 3.63) is 66.4 Å². The summed E-state index contributed by atoms with van der Waals surface area (Å²) in [5, 5.41) is 12.4. The van der Waals surface area contributed by atoms with Gasteiger partial charge in [0.1, 0.15) is 0 Å². The molecule has 0 fully saturated rings. The van der Waals surface area contributed by atoms with Crippen molar-refractivity contribution in [1.82, 2.24) is 15.1 Å². The van der Waals surface area contributed by atoms with Crippen molar-refractivity contribution in [2.24, 2.45) is 5.14 Å². The number of primary sulfonamides is 1. The first-order valence-corrected chi connectivity index (χ1v) is 9.86. The SMILES string of the molecule is CNC(=O)C(C)c1cc(-c2ccccc2)n(-c2ccc(S(N)(=O)=O)cc2)n1. The highest BCUT2D eigenvalue weighted by molar-refractivity contribution is 7.89. The van der Waals surface area contributed by atoms with Gasteiger partial charge < -0.3 is 5.32 Å². The van der Waals surface area contributed by atoms with Gasteiger partial charge in [-0.2, -0.15) is 5.10 Å². The van der Waals surface area contributed by atoms with E-state index < -0.39 is 15.9 Å². The van der Waals surface area contributed by atoms with E-state index in [4.69, 9.17) is 5.14 Å². The van der Waals surface area contributed by atoms with Crippen molar-refractivity contribution >= 4 is 15.9 Å². The standard InChI is InChI=1S/C19H20N4O3S/c1-13(19(24)21-2)17-12-18(14-6-4-3-5-7-14)23(22-17)15-8-10-16(11-9-15)27(20,25)26/h3-13H,1-2H3,(H,21,24)(H2,20,25,26). The Kier molecular flexibility index (Phi) is 5.11. The third-order valence-electron chi connectivity index (χ3n) is 4.29. The molecule has 1 amide bonds. The zero-order chi connectivity index (χ0) is 19.6. The van der Waals surface area contributed by atoms with E-state index in [9.17, 15) is 13.2 Å². The van der Waals surface area contributed by atoms with E-state index in [1.54, 1.807) is 30.8 Å². The largest absolute Gasteiger partial charge is 0.359 e. The van der Waals surface area contributed by atoms with Crippen LogP contribution in [0.4, 0.5) is 0 Å². The van der Waals surface area contributed by atoms with E-state index in [0.717, 1.165) is 11.3 Å². The molecule has 0 spiro atoms. The molecule has 0 radical (unpaired) electrons. The third-order valence-corrected chi connectivity index (χ3v) is 5.22. The average molecular weight is 384 g/mol. The molecule has 1 unspecified atom stereocenters. The number of rotatable bonds is 5. The Hall–Kier alpha value is -2.97. The molecule has 1 atom stereocenters. The van der Waals surface area contributed by atoms with Gasteiger partial charge in [0.25, 0.3) is 0 Å². The molecular weight excluding hydrogens is 364 g/mol. The van der Waals surface area contributed by atoms with E-state index in [-0.39, 0.29) is 10.8 Å². The molecule has 2 aromatic carbocycles. The number of benzene rings is 2. The fourth-order valence-corrected chi connectivity index (χ4v) is 3.27. The summed E-state index contributed by atoms with van der Waals surface area (Å²) in [6.07, 6.45) is 0. The van der Waals surface area contributed by atoms with Crippen molar-refractivity contribution in [3.8, 4) is 16.9 Å². The van der Waals surface area contributed by atoms with Crippen molar-refractivity contribution in [2.45, 2.75) is 17.7 Å². The fourth-order valence-electron chi connectivity index (χ4n) is 2.75. The van der Waals surface area contributed by atoms with Crippen molar-refractivity contribution in [1.29, 1.82) is 0 Å². The molecule has 0 saturated carbocycles. The summed E-state index contributed by atoms with van der Waals surface area (Å²) in [6.45, 7) is 1.78. The molecule has 1 heterocycles. The van der Waals surface area contributed by atoms with Gasteiger partial charge in [0.05, 0.1) is 27.9 Å². The zero-order valence-electron chi connectivity index (χ0n) is 15.0. The summed E-state index contributed by atoms with van der Waals surface area (Å²) in [5.74, 6) is -0.564. The van der Waals surface area contributed by atoms with Crippen LogP contribution in [-0.2, 0) is 14.8 Å². The predicted octanol–water partition coefficient (Wildman–Crippen LogP) is 2.04. The lowest BCUT2D eigenvalue weighted by Crippen LogP contribution is -2.24. The summed E-state index contributed by atoms with van der Waals surface area (Å²) in [5.41, 5.74) is 3.00. The second-order valence-corrected chi connectivity index (χ2v) is 7.67. The Labute approximate surface area is 157 Å². The predicted molar refractivity (Wildman–Crippen MR) is 103 cm³/mol. The van der Waals surface area contributed by atoms with Gasteiger partial charge in [0.15, 0.2) is 0 Å². The molecule has 1 aromatic heterocycles. The van der Waals surface area contributed by atoms with E-state index >= 15 is 0 Å². The first kappa shape index (κ1) is 18.8. The number of carbonyl (C=O) groups is 1. The summed E-state index contributed by atoms with van der Waals surface area (Å²) >= 11 is 0. The topological polar surface area (TPSA) is 107 Å². The lowest BCUT2D eigenvalue weighted by atomic mass is 10.1. The number of hydrogen-bond acceptors (Lipinski definition) is 4. The molecule has 27 heavy (non-hydrogen) atoms. The second-order valence-electron chi connectivity index (χ2n) is 6.11. The summed E-state index contributed by atoms with van der Waals surface area (Å²) in [7, 11) is -2.19. The molecule has 0 bridgehead atoms. The number of nitrogens with one attached hydrogen (secondary N) is 1. The smallest absolute Gasteiger partial charge is 0.238 e. The van der Waals surface area contributed by atoms with Gasteiger partial charge in [-0.1, -0.05) is 30.3 Å². The monoisotopic (exact) mass is 384 g/mol. The lowest BCUT2D eigenvalue weighted by molar-refractivity contribution is -0.121. The Morgan fingerprint density at radius 2 is 1.74 bits per heavy atom. The highest BCUT2D eigenvalue weighted by Gasteiger charge is 2.20. The minimum atomic E-state index is -3.77. The van der Waals surface area contributed by atoms with Crippen LogP contribution < -0.4 is 10.5 Å². The highest BCUT2D eigenvalue weighted by Crippen LogP contribution is 2.27. The molecule has 8 heteroatoms. The van der Waals surface area contributed by atoms with Crippen LogP contribution in [0, 0.1) is 0 Å². The fraction of sp³-hybridized carbons (Fsp3) is 0.158. The van der Waals surface area contributed by atoms with Crippen LogP contribution in [0.2, 0.25) is 0 Å². The average Bonchev–Trinajstić information content (AvgIpc) is 3.12. The van der Waals surface area contributed by atoms with Gasteiger partial charge >= 0.3 is 0 Å². The molecule has 0 aliphatic rings. The van der Waals surface area contributed by atoms with E-state index in [1.165, 1.54) is 12.1 Å². The molecule has 0 aliphatic heterocycles.